The number of thiocarbonyl (C=S) groups is 1. The summed E-state index contributed by atoms with van der Waals surface area (Å²) in [5, 5.41) is 0. The van der Waals surface area contributed by atoms with E-state index >= 15 is 0 Å². The Morgan fingerprint density at radius 1 is 1.30 bits per heavy atom. The van der Waals surface area contributed by atoms with Crippen molar-refractivity contribution in [3.8, 4) is 0 Å². The van der Waals surface area contributed by atoms with E-state index in [2.05, 4.69) is 22.6 Å². The van der Waals surface area contributed by atoms with Gasteiger partial charge in [0.25, 0.3) is 0 Å². The molecule has 0 aliphatic carbocycles. The average Bonchev–Trinajstić information content (AvgIpc) is 1.88. The highest BCUT2D eigenvalue weighted by atomic mass is 127. The molecular formula is C7H6INS. The molecule has 0 spiro atoms. The maximum Gasteiger partial charge on any atom is 0.103 e. The lowest BCUT2D eigenvalue weighted by atomic mass is 10.2. The monoisotopic (exact) mass is 263 g/mol. The van der Waals surface area contributed by atoms with E-state index in [1.54, 1.807) is 0 Å². The van der Waals surface area contributed by atoms with Crippen molar-refractivity contribution in [1.29, 1.82) is 0 Å². The van der Waals surface area contributed by atoms with Crippen molar-refractivity contribution < 1.29 is 0 Å². The Labute approximate surface area is 78.8 Å². The first kappa shape index (κ1) is 7.94. The number of benzene rings is 1. The summed E-state index contributed by atoms with van der Waals surface area (Å²) in [5.41, 5.74) is 6.32. The van der Waals surface area contributed by atoms with Crippen LogP contribution < -0.4 is 5.73 Å². The molecule has 0 heterocycles. The minimum Gasteiger partial charge on any atom is -0.389 e. The van der Waals surface area contributed by atoms with Crippen molar-refractivity contribution in [2.45, 2.75) is 0 Å². The molecule has 3 heteroatoms. The fraction of sp³-hybridized carbons (Fsp3) is 0. The third-order valence-electron chi connectivity index (χ3n) is 1.13. The summed E-state index contributed by atoms with van der Waals surface area (Å²) in [7, 11) is 0. The zero-order valence-corrected chi connectivity index (χ0v) is 8.15. The summed E-state index contributed by atoms with van der Waals surface area (Å²) in [4.78, 5) is 0.455. The van der Waals surface area contributed by atoms with Crippen molar-refractivity contribution in [1.82, 2.24) is 0 Å². The molecule has 0 fully saturated rings. The van der Waals surface area contributed by atoms with Crippen LogP contribution in [-0.4, -0.2) is 4.99 Å². The van der Waals surface area contributed by atoms with Gasteiger partial charge < -0.3 is 5.73 Å². The van der Waals surface area contributed by atoms with Gasteiger partial charge in [-0.25, -0.2) is 0 Å². The van der Waals surface area contributed by atoms with Gasteiger partial charge in [-0.05, 0) is 34.7 Å². The molecule has 1 rings (SSSR count). The predicted octanol–water partition coefficient (Wildman–Crippen LogP) is 1.93. The Bertz CT molecular complexity index is 242. The highest BCUT2D eigenvalue weighted by molar-refractivity contribution is 14.1. The lowest BCUT2D eigenvalue weighted by molar-refractivity contribution is 1.59. The van der Waals surface area contributed by atoms with Crippen LogP contribution in [0.15, 0.2) is 24.3 Å². The van der Waals surface area contributed by atoms with Crippen LogP contribution in [0.25, 0.3) is 0 Å². The van der Waals surface area contributed by atoms with Crippen LogP contribution in [0.5, 0.6) is 0 Å². The largest absolute Gasteiger partial charge is 0.389 e. The van der Waals surface area contributed by atoms with Crippen molar-refractivity contribution in [3.63, 3.8) is 0 Å². The van der Waals surface area contributed by atoms with Gasteiger partial charge in [-0.1, -0.05) is 24.4 Å². The van der Waals surface area contributed by atoms with Crippen LogP contribution in [0.2, 0.25) is 0 Å². The molecule has 0 unspecified atom stereocenters. The van der Waals surface area contributed by atoms with Gasteiger partial charge in [0.15, 0.2) is 0 Å². The molecule has 0 saturated carbocycles. The van der Waals surface area contributed by atoms with Crippen molar-refractivity contribution in [3.05, 3.63) is 33.4 Å². The van der Waals surface area contributed by atoms with Crippen LogP contribution in [0.4, 0.5) is 0 Å². The van der Waals surface area contributed by atoms with Gasteiger partial charge in [0, 0.05) is 9.13 Å². The van der Waals surface area contributed by atoms with Crippen LogP contribution in [-0.2, 0) is 0 Å². The van der Waals surface area contributed by atoms with E-state index in [4.69, 9.17) is 18.0 Å². The van der Waals surface area contributed by atoms with Crippen LogP contribution >= 0.6 is 34.8 Å². The summed E-state index contributed by atoms with van der Waals surface area (Å²) >= 11 is 7.02. The summed E-state index contributed by atoms with van der Waals surface area (Å²) in [6, 6.07) is 7.80. The first-order valence-corrected chi connectivity index (χ1v) is 4.24. The molecular weight excluding hydrogens is 257 g/mol. The zero-order valence-electron chi connectivity index (χ0n) is 5.17. The first-order valence-electron chi connectivity index (χ1n) is 2.75. The highest BCUT2D eigenvalue weighted by Crippen LogP contribution is 2.05. The lowest BCUT2D eigenvalue weighted by Crippen LogP contribution is -2.08. The van der Waals surface area contributed by atoms with E-state index in [-0.39, 0.29) is 0 Å². The maximum atomic E-state index is 5.39. The van der Waals surface area contributed by atoms with Crippen molar-refractivity contribution in [2.24, 2.45) is 5.73 Å². The normalized spacial score (nSPS) is 9.30. The van der Waals surface area contributed by atoms with E-state index < -0.39 is 0 Å². The fourth-order valence-corrected chi connectivity index (χ4v) is 1.11. The van der Waals surface area contributed by atoms with Gasteiger partial charge in [0.05, 0.1) is 0 Å². The van der Waals surface area contributed by atoms with Gasteiger partial charge in [0.2, 0.25) is 0 Å². The fourth-order valence-electron chi connectivity index (χ4n) is 0.614. The van der Waals surface area contributed by atoms with E-state index in [0.29, 0.717) is 4.99 Å². The highest BCUT2D eigenvalue weighted by Gasteiger charge is 1.92. The second-order valence-electron chi connectivity index (χ2n) is 1.87. The zero-order chi connectivity index (χ0) is 7.56. The van der Waals surface area contributed by atoms with E-state index in [9.17, 15) is 0 Å². The molecule has 10 heavy (non-hydrogen) atoms. The van der Waals surface area contributed by atoms with Crippen LogP contribution in [0.3, 0.4) is 0 Å². The first-order chi connectivity index (χ1) is 4.70. The molecule has 0 aromatic heterocycles. The summed E-state index contributed by atoms with van der Waals surface area (Å²) in [6.07, 6.45) is 0. The Kier molecular flexibility index (Phi) is 2.62. The molecule has 1 nitrogen and oxygen atoms in total. The predicted molar refractivity (Wildman–Crippen MR) is 55.0 cm³/mol. The van der Waals surface area contributed by atoms with Gasteiger partial charge in [-0.3, -0.25) is 0 Å². The number of rotatable bonds is 1. The number of halogens is 1. The Balaban J connectivity index is 3.00. The van der Waals surface area contributed by atoms with Gasteiger partial charge in [0.1, 0.15) is 4.99 Å². The third-order valence-corrected chi connectivity index (χ3v) is 2.08. The molecule has 0 aliphatic rings. The molecule has 0 aliphatic heterocycles. The molecule has 1 aromatic rings. The molecule has 52 valence electrons. The molecule has 0 radical (unpaired) electrons. The smallest absolute Gasteiger partial charge is 0.103 e. The molecule has 0 saturated heterocycles. The number of hydrogen-bond acceptors (Lipinski definition) is 1. The van der Waals surface area contributed by atoms with Crippen molar-refractivity contribution in [2.75, 3.05) is 0 Å². The lowest BCUT2D eigenvalue weighted by Gasteiger charge is -1.95. The maximum absolute atomic E-state index is 5.39. The second kappa shape index (κ2) is 3.30. The van der Waals surface area contributed by atoms with E-state index in [0.717, 1.165) is 5.56 Å². The van der Waals surface area contributed by atoms with Gasteiger partial charge in [-0.2, -0.15) is 0 Å². The molecule has 1 aromatic carbocycles. The van der Waals surface area contributed by atoms with Crippen molar-refractivity contribution >= 4 is 39.8 Å². The Hall–Kier alpha value is -0.160. The quantitative estimate of drug-likeness (QED) is 0.619. The topological polar surface area (TPSA) is 26.0 Å². The SMILES string of the molecule is NC(=S)c1ccc(I)cc1. The van der Waals surface area contributed by atoms with Gasteiger partial charge >= 0.3 is 0 Å². The number of hydrogen-bond donors (Lipinski definition) is 1. The molecule has 0 amide bonds. The van der Waals surface area contributed by atoms with E-state index in [1.165, 1.54) is 3.57 Å². The molecule has 0 atom stereocenters. The Morgan fingerprint density at radius 3 is 2.20 bits per heavy atom. The number of nitrogens with two attached hydrogens (primary N) is 1. The average molecular weight is 263 g/mol. The van der Waals surface area contributed by atoms with Gasteiger partial charge in [-0.15, -0.1) is 0 Å². The molecule has 0 bridgehead atoms. The minimum absolute atomic E-state index is 0.455. The second-order valence-corrected chi connectivity index (χ2v) is 3.56. The summed E-state index contributed by atoms with van der Waals surface area (Å²) in [5.74, 6) is 0. The van der Waals surface area contributed by atoms with E-state index in [1.807, 2.05) is 24.3 Å². The molecule has 2 N–H and O–H groups in total. The van der Waals surface area contributed by atoms with Crippen LogP contribution in [0.1, 0.15) is 5.56 Å². The Morgan fingerprint density at radius 2 is 1.80 bits per heavy atom. The van der Waals surface area contributed by atoms with Crippen LogP contribution in [0, 0.1) is 3.57 Å². The standard InChI is InChI=1S/C7H6INS/c8-6-3-1-5(2-4-6)7(9)10/h1-4H,(H2,9,10). The summed E-state index contributed by atoms with van der Waals surface area (Å²) in [6.45, 7) is 0. The summed E-state index contributed by atoms with van der Waals surface area (Å²) < 4.78 is 1.19. The third kappa shape index (κ3) is 1.91. The minimum atomic E-state index is 0.455.